The van der Waals surface area contributed by atoms with Crippen molar-refractivity contribution >= 4 is 17.4 Å². The Bertz CT molecular complexity index is 6.00. The summed E-state index contributed by atoms with van der Waals surface area (Å²) in [6.07, 6.45) is 0. The SMILES string of the molecule is [Al].[F][Ni][F]. The van der Waals surface area contributed by atoms with Gasteiger partial charge in [-0.1, -0.05) is 0 Å². The Kier molecular flexibility index (Phi) is 20.2. The molecule has 0 aliphatic heterocycles. The Labute approximate surface area is 40.4 Å². The second kappa shape index (κ2) is 9.10. The Balaban J connectivity index is 0. The van der Waals surface area contributed by atoms with Crippen molar-refractivity contribution in [1.29, 1.82) is 0 Å². The Hall–Kier alpha value is 0.886. The molecule has 0 fully saturated rings. The zero-order valence-corrected chi connectivity index (χ0v) is 3.79. The van der Waals surface area contributed by atoms with Gasteiger partial charge in [-0.15, -0.1) is 0 Å². The van der Waals surface area contributed by atoms with Gasteiger partial charge < -0.3 is 0 Å². The molecule has 27 valence electrons. The average molecular weight is 124 g/mol. The van der Waals surface area contributed by atoms with Gasteiger partial charge in [-0.25, -0.2) is 0 Å². The van der Waals surface area contributed by atoms with Crippen LogP contribution < -0.4 is 0 Å². The van der Waals surface area contributed by atoms with Crippen molar-refractivity contribution in [3.8, 4) is 0 Å². The van der Waals surface area contributed by atoms with E-state index in [2.05, 4.69) is 0 Å². The van der Waals surface area contributed by atoms with E-state index in [9.17, 15) is 7.21 Å². The molecule has 0 N–H and O–H groups in total. The van der Waals surface area contributed by atoms with Gasteiger partial charge in [0.25, 0.3) is 0 Å². The molecule has 0 aliphatic rings. The minimum absolute atomic E-state index is 0. The zero-order chi connectivity index (χ0) is 2.71. The molecule has 0 unspecified atom stereocenters. The predicted molar refractivity (Wildman–Crippen MR) is 7.97 cm³/mol. The molecule has 0 rings (SSSR count). The minimum atomic E-state index is -1.38. The first-order valence-electron chi connectivity index (χ1n) is 0.239. The molecule has 0 amide bonds. The quantitative estimate of drug-likeness (QED) is 0.411. The van der Waals surface area contributed by atoms with E-state index in [0.29, 0.717) is 0 Å². The third-order valence-corrected chi connectivity index (χ3v) is 0. The molecule has 4 heteroatoms. The van der Waals surface area contributed by atoms with E-state index in [4.69, 9.17) is 0 Å². The third kappa shape index (κ3) is 13.1. The van der Waals surface area contributed by atoms with Crippen LogP contribution in [-0.4, -0.2) is 17.4 Å². The van der Waals surface area contributed by atoms with Crippen molar-refractivity contribution in [3.63, 3.8) is 0 Å². The van der Waals surface area contributed by atoms with Crippen LogP contribution in [0.5, 0.6) is 0 Å². The van der Waals surface area contributed by atoms with Gasteiger partial charge in [0.2, 0.25) is 0 Å². The summed E-state index contributed by atoms with van der Waals surface area (Å²) in [4.78, 5) is 0. The molecule has 0 nitrogen and oxygen atoms in total. The number of rotatable bonds is 0. The second-order valence-corrected chi connectivity index (χ2v) is 0.186. The number of hydrogen-bond acceptors (Lipinski definition) is 0. The monoisotopic (exact) mass is 123 g/mol. The van der Waals surface area contributed by atoms with E-state index in [1.54, 1.807) is 0 Å². The van der Waals surface area contributed by atoms with Crippen molar-refractivity contribution in [3.05, 3.63) is 0 Å². The van der Waals surface area contributed by atoms with Crippen LogP contribution in [0.25, 0.3) is 0 Å². The van der Waals surface area contributed by atoms with Crippen LogP contribution in [0.4, 0.5) is 7.21 Å². The number of halogens is 2. The van der Waals surface area contributed by atoms with Gasteiger partial charge in [0, 0.05) is 17.4 Å². The van der Waals surface area contributed by atoms with Crippen molar-refractivity contribution in [2.45, 2.75) is 0 Å². The first-order valence-corrected chi connectivity index (χ1v) is 0.986. The molecule has 0 aromatic rings. The summed E-state index contributed by atoms with van der Waals surface area (Å²) in [5.74, 6) is 0. The van der Waals surface area contributed by atoms with Crippen LogP contribution in [0.3, 0.4) is 0 Å². The fourth-order valence-electron chi connectivity index (χ4n) is 0. The van der Waals surface area contributed by atoms with Crippen molar-refractivity contribution in [2.24, 2.45) is 0 Å². The van der Waals surface area contributed by atoms with Crippen LogP contribution >= 0.6 is 0 Å². The van der Waals surface area contributed by atoms with Gasteiger partial charge in [-0.2, -0.15) is 0 Å². The van der Waals surface area contributed by atoms with Gasteiger partial charge in [0.1, 0.15) is 0 Å². The summed E-state index contributed by atoms with van der Waals surface area (Å²) >= 11 is -1.38. The Morgan fingerprint density at radius 3 is 1.25 bits per heavy atom. The van der Waals surface area contributed by atoms with Crippen molar-refractivity contribution in [1.82, 2.24) is 0 Å². The van der Waals surface area contributed by atoms with Gasteiger partial charge >= 0.3 is 22.5 Å². The molecule has 0 saturated carbocycles. The second-order valence-electron chi connectivity index (χ2n) is 0.0452. The van der Waals surface area contributed by atoms with E-state index in [-0.39, 0.29) is 17.4 Å². The molecule has 0 atom stereocenters. The summed E-state index contributed by atoms with van der Waals surface area (Å²) in [6, 6.07) is 0. The zero-order valence-electron chi connectivity index (χ0n) is 1.65. The summed E-state index contributed by atoms with van der Waals surface area (Å²) in [5, 5.41) is 0. The standard InChI is InChI=1S/Al.2FH.Ni/h;2*1H;/q;;;+2/p-2. The molecule has 0 heterocycles. The van der Waals surface area contributed by atoms with Gasteiger partial charge in [0.05, 0.1) is 0 Å². The topological polar surface area (TPSA) is 0 Å². The maximum atomic E-state index is 9.56. The van der Waals surface area contributed by atoms with E-state index in [1.807, 2.05) is 0 Å². The van der Waals surface area contributed by atoms with Crippen LogP contribution in [0.1, 0.15) is 0 Å². The molecule has 4 heavy (non-hydrogen) atoms. The third-order valence-electron chi connectivity index (χ3n) is 0. The molecule has 0 aliphatic carbocycles. The first kappa shape index (κ1) is 8.86. The fourth-order valence-corrected chi connectivity index (χ4v) is 0. The van der Waals surface area contributed by atoms with E-state index < -0.39 is 15.3 Å². The molecular weight excluding hydrogens is 124 g/mol. The summed E-state index contributed by atoms with van der Waals surface area (Å²) in [7, 11) is 0. The molecule has 3 radical (unpaired) electrons. The molecular formula is AlF2Ni. The van der Waals surface area contributed by atoms with Crippen LogP contribution in [0.15, 0.2) is 0 Å². The van der Waals surface area contributed by atoms with Crippen molar-refractivity contribution < 1.29 is 22.5 Å². The van der Waals surface area contributed by atoms with E-state index in [1.165, 1.54) is 0 Å². The summed E-state index contributed by atoms with van der Waals surface area (Å²) in [6.45, 7) is 0. The molecule has 0 saturated heterocycles. The van der Waals surface area contributed by atoms with Gasteiger partial charge in [-0.3, -0.25) is 0 Å². The van der Waals surface area contributed by atoms with Crippen molar-refractivity contribution in [2.75, 3.05) is 0 Å². The summed E-state index contributed by atoms with van der Waals surface area (Å²) < 4.78 is 19.1. The van der Waals surface area contributed by atoms with Gasteiger partial charge in [-0.05, 0) is 0 Å². The average Bonchev–Trinajstić information content (AvgIpc) is 0.918. The fraction of sp³-hybridized carbons (Fsp3) is 0. The number of hydrogen-bond donors (Lipinski definition) is 0. The molecule has 0 bridgehead atoms. The Morgan fingerprint density at radius 1 is 1.25 bits per heavy atom. The van der Waals surface area contributed by atoms with Gasteiger partial charge in [0.15, 0.2) is 0 Å². The summed E-state index contributed by atoms with van der Waals surface area (Å²) in [5.41, 5.74) is 0. The van der Waals surface area contributed by atoms with Crippen LogP contribution in [-0.2, 0) is 15.3 Å². The van der Waals surface area contributed by atoms with Crippen LogP contribution in [0.2, 0.25) is 0 Å². The van der Waals surface area contributed by atoms with E-state index in [0.717, 1.165) is 0 Å². The molecule has 0 aromatic carbocycles. The molecule has 0 aromatic heterocycles. The first-order chi connectivity index (χ1) is 1.41. The Morgan fingerprint density at radius 2 is 1.25 bits per heavy atom. The van der Waals surface area contributed by atoms with Crippen LogP contribution in [0, 0.1) is 0 Å². The maximum absolute atomic E-state index is 9.56. The molecule has 0 spiro atoms. The predicted octanol–water partition coefficient (Wildman–Crippen LogP) is 0.457. The normalized spacial score (nSPS) is 5.50. The van der Waals surface area contributed by atoms with E-state index >= 15 is 0 Å².